The second-order valence-electron chi connectivity index (χ2n) is 4.36. The minimum atomic E-state index is -0.918. The van der Waals surface area contributed by atoms with Gasteiger partial charge in [-0.2, -0.15) is 0 Å². The monoisotopic (exact) mass is 268 g/mol. The molecule has 3 nitrogen and oxygen atoms in total. The highest BCUT2D eigenvalue weighted by Crippen LogP contribution is 2.27. The normalized spacial score (nSPS) is 11.7. The maximum Gasteiger partial charge on any atom is 0.328 e. The molecule has 0 saturated carbocycles. The average Bonchev–Trinajstić information content (AvgIpc) is 2.27. The van der Waals surface area contributed by atoms with Crippen LogP contribution >= 0.6 is 11.6 Å². The van der Waals surface area contributed by atoms with E-state index in [9.17, 15) is 4.79 Å². The summed E-state index contributed by atoms with van der Waals surface area (Å²) in [5.74, 6) is -0.117. The number of rotatable bonds is 5. The van der Waals surface area contributed by atoms with E-state index in [1.54, 1.807) is 19.2 Å². The SMILES string of the molecule is COc1ccc(C/C(=C/C(=O)O)C(C)C)cc1Cl. The number of hydrogen-bond acceptors (Lipinski definition) is 2. The van der Waals surface area contributed by atoms with Gasteiger partial charge in [0.05, 0.1) is 12.1 Å². The molecule has 1 rings (SSSR count). The number of aliphatic carboxylic acids is 1. The zero-order valence-corrected chi connectivity index (χ0v) is 11.5. The fourth-order valence-electron chi connectivity index (χ4n) is 1.64. The van der Waals surface area contributed by atoms with E-state index in [1.165, 1.54) is 6.08 Å². The van der Waals surface area contributed by atoms with E-state index in [4.69, 9.17) is 21.4 Å². The lowest BCUT2D eigenvalue weighted by Gasteiger charge is -2.12. The van der Waals surface area contributed by atoms with Crippen molar-refractivity contribution < 1.29 is 14.6 Å². The van der Waals surface area contributed by atoms with Crippen LogP contribution in [0.3, 0.4) is 0 Å². The zero-order valence-electron chi connectivity index (χ0n) is 10.7. The van der Waals surface area contributed by atoms with Gasteiger partial charge in [0.2, 0.25) is 0 Å². The first-order valence-electron chi connectivity index (χ1n) is 5.69. The third-order valence-corrected chi connectivity index (χ3v) is 2.97. The van der Waals surface area contributed by atoms with Crippen LogP contribution < -0.4 is 4.74 Å². The quantitative estimate of drug-likeness (QED) is 0.831. The van der Waals surface area contributed by atoms with Gasteiger partial charge in [-0.25, -0.2) is 4.79 Å². The van der Waals surface area contributed by atoms with Gasteiger partial charge in [-0.3, -0.25) is 0 Å². The Hall–Kier alpha value is -1.48. The van der Waals surface area contributed by atoms with Crippen molar-refractivity contribution in [3.8, 4) is 5.75 Å². The Morgan fingerprint density at radius 3 is 2.61 bits per heavy atom. The van der Waals surface area contributed by atoms with Crippen LogP contribution in [0.4, 0.5) is 0 Å². The second-order valence-corrected chi connectivity index (χ2v) is 4.77. The van der Waals surface area contributed by atoms with Crippen molar-refractivity contribution in [3.63, 3.8) is 0 Å². The molecule has 98 valence electrons. The van der Waals surface area contributed by atoms with E-state index in [-0.39, 0.29) is 5.92 Å². The molecular weight excluding hydrogens is 252 g/mol. The predicted molar refractivity (Wildman–Crippen MR) is 72.3 cm³/mol. The lowest BCUT2D eigenvalue weighted by Crippen LogP contribution is -2.03. The van der Waals surface area contributed by atoms with Crippen molar-refractivity contribution in [2.24, 2.45) is 5.92 Å². The maximum atomic E-state index is 10.7. The molecule has 0 saturated heterocycles. The van der Waals surface area contributed by atoms with Crippen LogP contribution in [0, 0.1) is 5.92 Å². The van der Waals surface area contributed by atoms with Crippen LogP contribution in [0.5, 0.6) is 5.75 Å². The van der Waals surface area contributed by atoms with Gasteiger partial charge in [0, 0.05) is 6.08 Å². The van der Waals surface area contributed by atoms with Crippen LogP contribution in [-0.2, 0) is 11.2 Å². The molecule has 0 aromatic heterocycles. The van der Waals surface area contributed by atoms with Crippen LogP contribution in [-0.4, -0.2) is 18.2 Å². The molecule has 1 aromatic rings. The Kier molecular flexibility index (Phi) is 5.23. The zero-order chi connectivity index (χ0) is 13.7. The number of carboxylic acid groups (broad SMARTS) is 1. The first-order chi connectivity index (χ1) is 8.43. The molecule has 0 spiro atoms. The molecule has 0 radical (unpaired) electrons. The van der Waals surface area contributed by atoms with Crippen molar-refractivity contribution in [3.05, 3.63) is 40.4 Å². The van der Waals surface area contributed by atoms with Crippen LogP contribution in [0.1, 0.15) is 19.4 Å². The number of allylic oxidation sites excluding steroid dienone is 1. The summed E-state index contributed by atoms with van der Waals surface area (Å²) in [7, 11) is 1.56. The smallest absolute Gasteiger partial charge is 0.328 e. The average molecular weight is 269 g/mol. The number of carboxylic acids is 1. The van der Waals surface area contributed by atoms with Gasteiger partial charge in [-0.1, -0.05) is 37.1 Å². The molecule has 0 atom stereocenters. The molecule has 0 amide bonds. The third kappa shape index (κ3) is 4.08. The Morgan fingerprint density at radius 2 is 2.17 bits per heavy atom. The van der Waals surface area contributed by atoms with Gasteiger partial charge in [0.1, 0.15) is 5.75 Å². The highest BCUT2D eigenvalue weighted by molar-refractivity contribution is 6.32. The number of carbonyl (C=O) groups is 1. The molecule has 0 fully saturated rings. The molecule has 1 N–H and O–H groups in total. The largest absolute Gasteiger partial charge is 0.495 e. The van der Waals surface area contributed by atoms with Gasteiger partial charge in [0.25, 0.3) is 0 Å². The van der Waals surface area contributed by atoms with Crippen LogP contribution in [0.15, 0.2) is 29.8 Å². The highest BCUT2D eigenvalue weighted by atomic mass is 35.5. The van der Waals surface area contributed by atoms with E-state index in [0.29, 0.717) is 17.2 Å². The first kappa shape index (κ1) is 14.6. The molecule has 0 aliphatic carbocycles. The van der Waals surface area contributed by atoms with Gasteiger partial charge in [-0.15, -0.1) is 0 Å². The summed E-state index contributed by atoms with van der Waals surface area (Å²) in [4.78, 5) is 10.7. The van der Waals surface area contributed by atoms with E-state index in [2.05, 4.69) is 0 Å². The lowest BCUT2D eigenvalue weighted by molar-refractivity contribution is -0.131. The number of benzene rings is 1. The van der Waals surface area contributed by atoms with Gasteiger partial charge >= 0.3 is 5.97 Å². The fourth-order valence-corrected chi connectivity index (χ4v) is 1.92. The summed E-state index contributed by atoms with van der Waals surface area (Å²) >= 11 is 6.04. The Balaban J connectivity index is 2.95. The summed E-state index contributed by atoms with van der Waals surface area (Å²) < 4.78 is 5.08. The van der Waals surface area contributed by atoms with Crippen molar-refractivity contribution in [1.82, 2.24) is 0 Å². The van der Waals surface area contributed by atoms with Crippen molar-refractivity contribution in [2.75, 3.05) is 7.11 Å². The van der Waals surface area contributed by atoms with E-state index in [0.717, 1.165) is 11.1 Å². The second kappa shape index (κ2) is 6.45. The predicted octanol–water partition coefficient (Wildman–Crippen LogP) is 3.56. The van der Waals surface area contributed by atoms with Gasteiger partial charge in [0.15, 0.2) is 0 Å². The number of halogens is 1. The van der Waals surface area contributed by atoms with Crippen molar-refractivity contribution in [2.45, 2.75) is 20.3 Å². The molecule has 4 heteroatoms. The number of hydrogen-bond donors (Lipinski definition) is 1. The summed E-state index contributed by atoms with van der Waals surface area (Å²) in [5.41, 5.74) is 1.84. The summed E-state index contributed by atoms with van der Waals surface area (Å²) in [6.45, 7) is 3.94. The summed E-state index contributed by atoms with van der Waals surface area (Å²) in [5, 5.41) is 9.36. The van der Waals surface area contributed by atoms with Gasteiger partial charge < -0.3 is 9.84 Å². The molecule has 1 aromatic carbocycles. The van der Waals surface area contributed by atoms with Crippen LogP contribution in [0.25, 0.3) is 0 Å². The Bertz CT molecular complexity index is 464. The maximum absolute atomic E-state index is 10.7. The summed E-state index contributed by atoms with van der Waals surface area (Å²) in [6, 6.07) is 5.48. The highest BCUT2D eigenvalue weighted by Gasteiger charge is 2.09. The molecule has 0 aliphatic rings. The molecule has 0 unspecified atom stereocenters. The topological polar surface area (TPSA) is 46.5 Å². The number of ether oxygens (including phenoxy) is 1. The lowest BCUT2D eigenvalue weighted by atomic mass is 9.95. The first-order valence-corrected chi connectivity index (χ1v) is 6.07. The molecular formula is C14H17ClO3. The van der Waals surface area contributed by atoms with Gasteiger partial charge in [-0.05, 0) is 30.0 Å². The summed E-state index contributed by atoms with van der Waals surface area (Å²) in [6.07, 6.45) is 1.84. The van der Waals surface area contributed by atoms with Crippen LogP contribution in [0.2, 0.25) is 5.02 Å². The Labute approximate surface area is 112 Å². The minimum absolute atomic E-state index is 0.182. The van der Waals surface area contributed by atoms with E-state index < -0.39 is 5.97 Å². The Morgan fingerprint density at radius 1 is 1.50 bits per heavy atom. The van der Waals surface area contributed by atoms with E-state index in [1.807, 2.05) is 19.9 Å². The molecule has 0 bridgehead atoms. The van der Waals surface area contributed by atoms with E-state index >= 15 is 0 Å². The van der Waals surface area contributed by atoms with Crippen molar-refractivity contribution in [1.29, 1.82) is 0 Å². The molecule has 18 heavy (non-hydrogen) atoms. The fraction of sp³-hybridized carbons (Fsp3) is 0.357. The van der Waals surface area contributed by atoms with Crippen molar-refractivity contribution >= 4 is 17.6 Å². The number of methoxy groups -OCH3 is 1. The standard InChI is InChI=1S/C14H17ClO3/c1-9(2)11(8-14(16)17)6-10-4-5-13(18-3)12(15)7-10/h4-5,7-9H,6H2,1-3H3,(H,16,17)/b11-8-. The molecule has 0 aliphatic heterocycles. The third-order valence-electron chi connectivity index (χ3n) is 2.67. The minimum Gasteiger partial charge on any atom is -0.495 e. The molecule has 0 heterocycles.